The van der Waals surface area contributed by atoms with E-state index < -0.39 is 28.5 Å². The Balaban J connectivity index is 2.44. The van der Waals surface area contributed by atoms with Gasteiger partial charge in [-0.2, -0.15) is 0 Å². The lowest BCUT2D eigenvalue weighted by atomic mass is 10.1. The zero-order valence-electron chi connectivity index (χ0n) is 20.6. The number of anilines is 1. The van der Waals surface area contributed by atoms with E-state index in [1.807, 2.05) is 6.92 Å². The second-order valence-electron chi connectivity index (χ2n) is 8.18. The molecule has 8 nitrogen and oxygen atoms in total. The highest BCUT2D eigenvalue weighted by atomic mass is 35.5. The molecule has 0 aliphatic heterocycles. The summed E-state index contributed by atoms with van der Waals surface area (Å²) in [7, 11) is -2.55. The van der Waals surface area contributed by atoms with E-state index in [1.54, 1.807) is 31.2 Å². The van der Waals surface area contributed by atoms with E-state index in [9.17, 15) is 18.0 Å². The monoisotopic (exact) mass is 577 g/mol. The maximum Gasteiger partial charge on any atom is 0.244 e. The van der Waals surface area contributed by atoms with Gasteiger partial charge < -0.3 is 15.0 Å². The maximum absolute atomic E-state index is 13.6. The third-order valence-electron chi connectivity index (χ3n) is 5.42. The number of nitrogens with zero attached hydrogens (tertiary/aromatic N) is 2. The average molecular weight is 579 g/mol. The van der Waals surface area contributed by atoms with Crippen molar-refractivity contribution in [3.05, 3.63) is 57.0 Å². The predicted molar refractivity (Wildman–Crippen MR) is 145 cm³/mol. The van der Waals surface area contributed by atoms with Gasteiger partial charge in [0, 0.05) is 18.1 Å². The minimum Gasteiger partial charge on any atom is -0.495 e. The first-order chi connectivity index (χ1) is 16.9. The molecule has 0 aliphatic carbocycles. The van der Waals surface area contributed by atoms with Crippen LogP contribution in [0.2, 0.25) is 15.1 Å². The molecule has 0 saturated heterocycles. The van der Waals surface area contributed by atoms with Crippen LogP contribution in [0.25, 0.3) is 0 Å². The fourth-order valence-corrected chi connectivity index (χ4v) is 4.74. The Morgan fingerprint density at radius 1 is 1.08 bits per heavy atom. The molecule has 0 bridgehead atoms. The van der Waals surface area contributed by atoms with Crippen molar-refractivity contribution < 1.29 is 22.7 Å². The highest BCUT2D eigenvalue weighted by Crippen LogP contribution is 2.33. The van der Waals surface area contributed by atoms with Crippen molar-refractivity contribution >= 4 is 62.3 Å². The van der Waals surface area contributed by atoms with Gasteiger partial charge in [0.05, 0.1) is 29.1 Å². The number of nitrogens with one attached hydrogen (secondary N) is 1. The Morgan fingerprint density at radius 2 is 1.78 bits per heavy atom. The normalized spacial score (nSPS) is 12.1. The summed E-state index contributed by atoms with van der Waals surface area (Å²) in [6.45, 7) is 3.47. The van der Waals surface area contributed by atoms with Crippen LogP contribution in [-0.4, -0.2) is 57.6 Å². The van der Waals surface area contributed by atoms with Gasteiger partial charge in [-0.1, -0.05) is 54.2 Å². The highest BCUT2D eigenvalue weighted by Gasteiger charge is 2.31. The van der Waals surface area contributed by atoms with Gasteiger partial charge in [0.15, 0.2) is 0 Å². The van der Waals surface area contributed by atoms with E-state index in [-0.39, 0.29) is 28.9 Å². The first kappa shape index (κ1) is 30.0. The lowest BCUT2D eigenvalue weighted by Gasteiger charge is -2.32. The molecule has 2 aromatic rings. The number of ether oxygens (including phenoxy) is 1. The van der Waals surface area contributed by atoms with Crippen LogP contribution in [0.1, 0.15) is 32.3 Å². The van der Waals surface area contributed by atoms with Gasteiger partial charge in [0.2, 0.25) is 21.8 Å². The standard InChI is InChI=1S/C24H30Cl3N3O5S/c1-5-6-11-28-24(32)16(2)29(14-17-7-9-19(26)20(27)12-17)23(31)15-30(36(4,33)34)21-13-18(25)8-10-22(21)35-3/h7-10,12-13,16H,5-6,11,14-15H2,1-4H3,(H,28,32)/t16-/m1/s1. The summed E-state index contributed by atoms with van der Waals surface area (Å²) < 4.78 is 31.7. The van der Waals surface area contributed by atoms with E-state index >= 15 is 0 Å². The molecule has 1 atom stereocenters. The first-order valence-corrected chi connectivity index (χ1v) is 14.2. The third-order valence-corrected chi connectivity index (χ3v) is 7.52. The van der Waals surface area contributed by atoms with Gasteiger partial charge in [-0.15, -0.1) is 0 Å². The topological polar surface area (TPSA) is 96.0 Å². The second kappa shape index (κ2) is 13.4. The lowest BCUT2D eigenvalue weighted by Crippen LogP contribution is -2.51. The van der Waals surface area contributed by atoms with Crippen LogP contribution in [0.3, 0.4) is 0 Å². The molecule has 12 heteroatoms. The molecule has 1 N–H and O–H groups in total. The SMILES string of the molecule is CCCCNC(=O)[C@@H](C)N(Cc1ccc(Cl)c(Cl)c1)C(=O)CN(c1cc(Cl)ccc1OC)S(C)(=O)=O. The van der Waals surface area contributed by atoms with E-state index in [2.05, 4.69) is 5.32 Å². The van der Waals surface area contributed by atoms with Gasteiger partial charge in [-0.05, 0) is 49.2 Å². The molecule has 0 saturated carbocycles. The molecule has 0 aliphatic rings. The molecular weight excluding hydrogens is 549 g/mol. The molecule has 0 heterocycles. The van der Waals surface area contributed by atoms with E-state index in [4.69, 9.17) is 39.5 Å². The molecule has 2 amide bonds. The maximum atomic E-state index is 13.6. The van der Waals surface area contributed by atoms with Crippen LogP contribution in [0.5, 0.6) is 5.75 Å². The molecule has 0 aromatic heterocycles. The van der Waals surface area contributed by atoms with Crippen molar-refractivity contribution in [2.75, 3.05) is 30.8 Å². The Morgan fingerprint density at radius 3 is 2.36 bits per heavy atom. The number of hydrogen-bond acceptors (Lipinski definition) is 5. The molecule has 198 valence electrons. The number of halogens is 3. The van der Waals surface area contributed by atoms with Crippen molar-refractivity contribution in [3.8, 4) is 5.75 Å². The Bertz CT molecular complexity index is 1190. The zero-order valence-corrected chi connectivity index (χ0v) is 23.6. The average Bonchev–Trinajstić information content (AvgIpc) is 2.81. The van der Waals surface area contributed by atoms with Crippen LogP contribution < -0.4 is 14.4 Å². The number of benzene rings is 2. The first-order valence-electron chi connectivity index (χ1n) is 11.2. The summed E-state index contributed by atoms with van der Waals surface area (Å²) in [6.07, 6.45) is 2.66. The number of carbonyl (C=O) groups excluding carboxylic acids is 2. The number of amides is 2. The van der Waals surface area contributed by atoms with Crippen LogP contribution in [0.15, 0.2) is 36.4 Å². The smallest absolute Gasteiger partial charge is 0.244 e. The molecule has 0 spiro atoms. The summed E-state index contributed by atoms with van der Waals surface area (Å²) in [5.74, 6) is -0.742. The van der Waals surface area contributed by atoms with Crippen molar-refractivity contribution in [1.29, 1.82) is 0 Å². The van der Waals surface area contributed by atoms with Gasteiger partial charge in [-0.3, -0.25) is 13.9 Å². The summed E-state index contributed by atoms with van der Waals surface area (Å²) in [5, 5.41) is 3.73. The molecule has 36 heavy (non-hydrogen) atoms. The lowest BCUT2D eigenvalue weighted by molar-refractivity contribution is -0.139. The highest BCUT2D eigenvalue weighted by molar-refractivity contribution is 7.92. The summed E-state index contributed by atoms with van der Waals surface area (Å²) in [4.78, 5) is 27.8. The Labute approximate surface area is 227 Å². The fourth-order valence-electron chi connectivity index (χ4n) is 3.41. The number of sulfonamides is 1. The van der Waals surface area contributed by atoms with E-state index in [1.165, 1.54) is 24.1 Å². The molecule has 0 fully saturated rings. The van der Waals surface area contributed by atoms with Crippen molar-refractivity contribution in [2.24, 2.45) is 0 Å². The third kappa shape index (κ3) is 8.16. The molecule has 2 rings (SSSR count). The van der Waals surface area contributed by atoms with Crippen molar-refractivity contribution in [3.63, 3.8) is 0 Å². The number of hydrogen-bond donors (Lipinski definition) is 1. The van der Waals surface area contributed by atoms with Gasteiger partial charge >= 0.3 is 0 Å². The second-order valence-corrected chi connectivity index (χ2v) is 11.3. The summed E-state index contributed by atoms with van der Waals surface area (Å²) >= 11 is 18.3. The van der Waals surface area contributed by atoms with E-state index in [0.717, 1.165) is 23.4 Å². The van der Waals surface area contributed by atoms with Gasteiger partial charge in [0.1, 0.15) is 18.3 Å². The van der Waals surface area contributed by atoms with Crippen LogP contribution >= 0.6 is 34.8 Å². The number of carbonyl (C=O) groups is 2. The Kier molecular flexibility index (Phi) is 11.2. The summed E-state index contributed by atoms with van der Waals surface area (Å²) in [5.41, 5.74) is 0.729. The fraction of sp³-hybridized carbons (Fsp3) is 0.417. The zero-order chi connectivity index (χ0) is 27.0. The number of rotatable bonds is 12. The van der Waals surface area contributed by atoms with E-state index in [0.29, 0.717) is 22.2 Å². The molecule has 2 aromatic carbocycles. The quantitative estimate of drug-likeness (QED) is 0.367. The number of methoxy groups -OCH3 is 1. The minimum atomic E-state index is -3.94. The van der Waals surface area contributed by atoms with Crippen LogP contribution in [-0.2, 0) is 26.2 Å². The van der Waals surface area contributed by atoms with Gasteiger partial charge in [-0.25, -0.2) is 8.42 Å². The number of unbranched alkanes of at least 4 members (excludes halogenated alkanes) is 1. The predicted octanol–water partition coefficient (Wildman–Crippen LogP) is 4.76. The van der Waals surface area contributed by atoms with Crippen molar-refractivity contribution in [2.45, 2.75) is 39.3 Å². The molecule has 0 unspecified atom stereocenters. The Hall–Kier alpha value is -2.20. The van der Waals surface area contributed by atoms with Crippen molar-refractivity contribution in [1.82, 2.24) is 10.2 Å². The molecular formula is C24H30Cl3N3O5S. The largest absolute Gasteiger partial charge is 0.495 e. The van der Waals surface area contributed by atoms with Gasteiger partial charge in [0.25, 0.3) is 0 Å². The molecule has 0 radical (unpaired) electrons. The van der Waals surface area contributed by atoms with Crippen LogP contribution in [0, 0.1) is 0 Å². The minimum absolute atomic E-state index is 0.00235. The van der Waals surface area contributed by atoms with Crippen LogP contribution in [0.4, 0.5) is 5.69 Å². The summed E-state index contributed by atoms with van der Waals surface area (Å²) in [6, 6.07) is 8.44.